The van der Waals surface area contributed by atoms with Gasteiger partial charge < -0.3 is 33.3 Å². The van der Waals surface area contributed by atoms with E-state index in [0.29, 0.717) is 19.7 Å². The number of ether oxygens (including phenoxy) is 6. The molecular weight excluding hydrogens is 594 g/mol. The van der Waals surface area contributed by atoms with Gasteiger partial charge >= 0.3 is 6.09 Å². The van der Waals surface area contributed by atoms with Crippen LogP contribution >= 0.6 is 0 Å². The van der Waals surface area contributed by atoms with Gasteiger partial charge in [0.25, 0.3) is 0 Å². The topological polar surface area (TPSA) is 75.7 Å². The minimum atomic E-state index is -0.589. The monoisotopic (exact) mass is 637 g/mol. The first-order valence-corrected chi connectivity index (χ1v) is 15.8. The Morgan fingerprint density at radius 1 is 0.830 bits per heavy atom. The van der Waals surface area contributed by atoms with Gasteiger partial charge in [0.15, 0.2) is 0 Å². The first kappa shape index (κ1) is 33.5. The summed E-state index contributed by atoms with van der Waals surface area (Å²) >= 11 is 0. The van der Waals surface area contributed by atoms with Crippen LogP contribution in [-0.4, -0.2) is 63.2 Å². The summed E-state index contributed by atoms with van der Waals surface area (Å²) in [5, 5.41) is 1.92. The summed E-state index contributed by atoms with van der Waals surface area (Å²) in [6.45, 7) is 7.41. The average molecular weight is 638 g/mol. The van der Waals surface area contributed by atoms with Crippen molar-refractivity contribution in [1.82, 2.24) is 4.90 Å². The van der Waals surface area contributed by atoms with Gasteiger partial charge in [-0.05, 0) is 63.1 Å². The minimum Gasteiger partial charge on any atom is -0.496 e. The van der Waals surface area contributed by atoms with Crippen molar-refractivity contribution in [2.45, 2.75) is 51.4 Å². The molecule has 1 heterocycles. The van der Waals surface area contributed by atoms with Crippen LogP contribution in [0.15, 0.2) is 84.9 Å². The Labute approximate surface area is 277 Å². The van der Waals surface area contributed by atoms with E-state index in [1.54, 1.807) is 19.1 Å². The largest absolute Gasteiger partial charge is 0.496 e. The van der Waals surface area contributed by atoms with Gasteiger partial charge in [0.1, 0.15) is 41.8 Å². The molecule has 8 nitrogen and oxygen atoms in total. The quantitative estimate of drug-likeness (QED) is 0.166. The van der Waals surface area contributed by atoms with Crippen LogP contribution in [0.25, 0.3) is 10.8 Å². The van der Waals surface area contributed by atoms with E-state index in [9.17, 15) is 4.79 Å². The number of amides is 1. The summed E-state index contributed by atoms with van der Waals surface area (Å²) < 4.78 is 35.4. The number of benzene rings is 4. The summed E-state index contributed by atoms with van der Waals surface area (Å²) in [4.78, 5) is 14.8. The molecule has 1 amide bonds. The normalized spacial score (nSPS) is 16.1. The van der Waals surface area contributed by atoms with Crippen LogP contribution in [-0.2, 0) is 16.1 Å². The van der Waals surface area contributed by atoms with Gasteiger partial charge in [-0.2, -0.15) is 0 Å². The molecule has 0 saturated carbocycles. The number of rotatable bonds is 10. The highest BCUT2D eigenvalue weighted by atomic mass is 16.6. The lowest BCUT2D eigenvalue weighted by atomic mass is 9.87. The number of nitrogens with zero attached hydrogens (tertiary/aromatic N) is 1. The fraction of sp³-hybridized carbons (Fsp3) is 0.359. The number of hydrogen-bond donors (Lipinski definition) is 0. The van der Waals surface area contributed by atoms with E-state index in [1.165, 1.54) is 0 Å². The molecule has 47 heavy (non-hydrogen) atoms. The lowest BCUT2D eigenvalue weighted by Gasteiger charge is -2.39. The van der Waals surface area contributed by atoms with E-state index in [2.05, 4.69) is 24.0 Å². The van der Waals surface area contributed by atoms with Gasteiger partial charge in [0, 0.05) is 28.8 Å². The summed E-state index contributed by atoms with van der Waals surface area (Å²) in [6, 6.07) is 27.6. The fourth-order valence-corrected chi connectivity index (χ4v) is 5.71. The van der Waals surface area contributed by atoms with Crippen molar-refractivity contribution in [1.29, 1.82) is 0 Å². The van der Waals surface area contributed by atoms with Crippen LogP contribution in [0.3, 0.4) is 0 Å². The van der Waals surface area contributed by atoms with Crippen LogP contribution in [0, 0.1) is 11.8 Å². The minimum absolute atomic E-state index is 0.0472. The van der Waals surface area contributed by atoms with Gasteiger partial charge in [-0.15, -0.1) is 0 Å². The summed E-state index contributed by atoms with van der Waals surface area (Å²) in [7, 11) is 3.33. The number of methoxy groups -OCH3 is 2. The maximum atomic E-state index is 13.1. The van der Waals surface area contributed by atoms with Crippen LogP contribution in [0.4, 0.5) is 4.79 Å². The predicted molar refractivity (Wildman–Crippen MR) is 182 cm³/mol. The lowest BCUT2D eigenvalue weighted by Crippen LogP contribution is -2.48. The number of carbonyl (C=O) groups is 1. The molecule has 2 unspecified atom stereocenters. The number of fused-ring (bicyclic) bond motifs is 1. The highest BCUT2D eigenvalue weighted by Crippen LogP contribution is 2.38. The Kier molecular flexibility index (Phi) is 11.1. The zero-order chi connectivity index (χ0) is 33.2. The van der Waals surface area contributed by atoms with E-state index in [1.807, 2.05) is 93.6 Å². The third kappa shape index (κ3) is 8.90. The first-order chi connectivity index (χ1) is 22.8. The second-order valence-electron chi connectivity index (χ2n) is 12.3. The summed E-state index contributed by atoms with van der Waals surface area (Å²) in [6.07, 6.45) is 0.0871. The van der Waals surface area contributed by atoms with Gasteiger partial charge in [-0.25, -0.2) is 4.79 Å². The zero-order valence-electron chi connectivity index (χ0n) is 27.8. The summed E-state index contributed by atoms with van der Waals surface area (Å²) in [5.41, 5.74) is 1.39. The molecule has 1 saturated heterocycles. The van der Waals surface area contributed by atoms with Crippen molar-refractivity contribution < 1.29 is 33.2 Å². The maximum absolute atomic E-state index is 13.1. The molecule has 4 aromatic rings. The van der Waals surface area contributed by atoms with Crippen LogP contribution in [0.2, 0.25) is 0 Å². The third-order valence-electron chi connectivity index (χ3n) is 7.92. The standard InChI is InChI=1S/C39H43NO7/c1-39(2,3)47-38(41)40-22-21-32(28-17-19-31(20-18-28)45-24-12-11-23-44-30-13-7-6-8-14-30)36(26-40)46-27-29-25-35(42-4)33-15-9-10-16-34(33)37(29)43-5/h6-10,13-20,25,32,36H,21-24,26-27H2,1-5H3. The molecular formula is C39H43NO7. The molecule has 4 aromatic carbocycles. The molecule has 2 atom stereocenters. The van der Waals surface area contributed by atoms with Gasteiger partial charge in [0.2, 0.25) is 0 Å². The molecule has 8 heteroatoms. The number of para-hydroxylation sites is 1. The Bertz CT molecular complexity index is 1690. The van der Waals surface area contributed by atoms with Crippen molar-refractivity contribution in [3.63, 3.8) is 0 Å². The third-order valence-corrected chi connectivity index (χ3v) is 7.92. The SMILES string of the molecule is COc1cc(COC2CN(C(=O)OC(C)(C)C)CCC2c2ccc(OCC#CCOc3ccccc3)cc2)c(OC)c2ccccc12. The van der Waals surface area contributed by atoms with Crippen molar-refractivity contribution in [3.05, 3.63) is 96.1 Å². The Morgan fingerprint density at radius 2 is 1.47 bits per heavy atom. The van der Waals surface area contributed by atoms with Gasteiger partial charge in [0.05, 0.1) is 33.5 Å². The molecule has 0 N–H and O–H groups in total. The predicted octanol–water partition coefficient (Wildman–Crippen LogP) is 7.63. The smallest absolute Gasteiger partial charge is 0.410 e. The van der Waals surface area contributed by atoms with Crippen molar-refractivity contribution in [3.8, 4) is 34.8 Å². The van der Waals surface area contributed by atoms with E-state index < -0.39 is 5.60 Å². The van der Waals surface area contributed by atoms with Gasteiger partial charge in [-0.3, -0.25) is 0 Å². The fourth-order valence-electron chi connectivity index (χ4n) is 5.71. The average Bonchev–Trinajstić information content (AvgIpc) is 3.08. The molecule has 0 aromatic heterocycles. The van der Waals surface area contributed by atoms with Crippen molar-refractivity contribution in [2.75, 3.05) is 40.5 Å². The van der Waals surface area contributed by atoms with Crippen molar-refractivity contribution in [2.24, 2.45) is 0 Å². The van der Waals surface area contributed by atoms with Gasteiger partial charge in [-0.1, -0.05) is 66.4 Å². The Balaban J connectivity index is 1.28. The van der Waals surface area contributed by atoms with Crippen molar-refractivity contribution >= 4 is 16.9 Å². The molecule has 0 aliphatic carbocycles. The Hall–Kier alpha value is -4.87. The highest BCUT2D eigenvalue weighted by Gasteiger charge is 2.35. The second kappa shape index (κ2) is 15.6. The molecule has 1 fully saturated rings. The lowest BCUT2D eigenvalue weighted by molar-refractivity contribution is -0.0363. The zero-order valence-corrected chi connectivity index (χ0v) is 27.8. The van der Waals surface area contributed by atoms with E-state index in [-0.39, 0.29) is 31.3 Å². The molecule has 5 rings (SSSR count). The van der Waals surface area contributed by atoms with Crippen LogP contribution in [0.5, 0.6) is 23.0 Å². The Morgan fingerprint density at radius 3 is 2.11 bits per heavy atom. The first-order valence-electron chi connectivity index (χ1n) is 15.8. The molecule has 1 aliphatic rings. The number of likely N-dealkylation sites (tertiary alicyclic amines) is 1. The molecule has 0 bridgehead atoms. The van der Waals surface area contributed by atoms with E-state index in [0.717, 1.165) is 51.3 Å². The molecule has 0 radical (unpaired) electrons. The molecule has 246 valence electrons. The number of piperidine rings is 1. The maximum Gasteiger partial charge on any atom is 0.410 e. The number of hydrogen-bond acceptors (Lipinski definition) is 7. The molecule has 1 aliphatic heterocycles. The van der Waals surface area contributed by atoms with Crippen LogP contribution in [0.1, 0.15) is 44.2 Å². The van der Waals surface area contributed by atoms with Crippen LogP contribution < -0.4 is 18.9 Å². The van der Waals surface area contributed by atoms with E-state index >= 15 is 0 Å². The number of carbonyl (C=O) groups excluding carboxylic acids is 1. The highest BCUT2D eigenvalue weighted by molar-refractivity contribution is 5.94. The van der Waals surface area contributed by atoms with E-state index in [4.69, 9.17) is 28.4 Å². The second-order valence-corrected chi connectivity index (χ2v) is 12.3. The molecule has 0 spiro atoms. The summed E-state index contributed by atoms with van der Waals surface area (Å²) in [5.74, 6) is 9.03.